The molecule has 0 unspecified atom stereocenters. The Balaban J connectivity index is 2.07. The van der Waals surface area contributed by atoms with E-state index in [2.05, 4.69) is 82.8 Å². The Morgan fingerprint density at radius 2 is 1.78 bits per heavy atom. The maximum absolute atomic E-state index is 6.32. The molecule has 3 heteroatoms. The lowest BCUT2D eigenvalue weighted by atomic mass is 9.94. The van der Waals surface area contributed by atoms with Gasteiger partial charge < -0.3 is 4.42 Å². The summed E-state index contributed by atoms with van der Waals surface area (Å²) in [5.41, 5.74) is 8.97. The first-order valence-electron chi connectivity index (χ1n) is 9.73. The van der Waals surface area contributed by atoms with Crippen molar-refractivity contribution in [2.24, 2.45) is 7.05 Å². The van der Waals surface area contributed by atoms with E-state index < -0.39 is 0 Å². The number of nitrogens with zero attached hydrogens (tertiary/aromatic N) is 2. The molecule has 0 N–H and O–H groups in total. The van der Waals surface area contributed by atoms with Gasteiger partial charge in [0, 0.05) is 28.1 Å². The number of benzene rings is 1. The first-order valence-corrected chi connectivity index (χ1v) is 9.73. The monoisotopic (exact) mass is 359 g/mol. The molecular formula is C24H27N2O+. The number of pyridine rings is 2. The van der Waals surface area contributed by atoms with Crippen molar-refractivity contribution >= 4 is 22.1 Å². The summed E-state index contributed by atoms with van der Waals surface area (Å²) in [6.07, 6.45) is 3.13. The zero-order chi connectivity index (χ0) is 19.3. The second-order valence-corrected chi connectivity index (χ2v) is 7.81. The van der Waals surface area contributed by atoms with E-state index in [9.17, 15) is 0 Å². The minimum atomic E-state index is 0.480. The van der Waals surface area contributed by atoms with Gasteiger partial charge in [0.25, 0.3) is 0 Å². The second kappa shape index (κ2) is 6.49. The molecule has 3 aromatic heterocycles. The molecule has 0 amide bonds. The van der Waals surface area contributed by atoms with Crippen molar-refractivity contribution in [2.75, 3.05) is 0 Å². The number of aryl methyl sites for hydroxylation is 4. The molecule has 0 bridgehead atoms. The smallest absolute Gasteiger partial charge is 0.227 e. The third-order valence-corrected chi connectivity index (χ3v) is 5.53. The Morgan fingerprint density at radius 1 is 1.04 bits per heavy atom. The van der Waals surface area contributed by atoms with Gasteiger partial charge in [0.15, 0.2) is 11.8 Å². The third kappa shape index (κ3) is 2.82. The van der Waals surface area contributed by atoms with Gasteiger partial charge in [-0.05, 0) is 49.4 Å². The summed E-state index contributed by atoms with van der Waals surface area (Å²) in [4.78, 5) is 4.70. The Labute approximate surface area is 160 Å². The molecule has 0 aliphatic rings. The molecule has 138 valence electrons. The van der Waals surface area contributed by atoms with Crippen LogP contribution in [0.25, 0.3) is 33.3 Å². The highest BCUT2D eigenvalue weighted by molar-refractivity contribution is 6.08. The summed E-state index contributed by atoms with van der Waals surface area (Å²) < 4.78 is 8.53. The molecule has 4 aromatic rings. The fourth-order valence-electron chi connectivity index (χ4n) is 4.04. The van der Waals surface area contributed by atoms with Gasteiger partial charge in [0.1, 0.15) is 7.05 Å². The Morgan fingerprint density at radius 3 is 2.48 bits per heavy atom. The van der Waals surface area contributed by atoms with Gasteiger partial charge >= 0.3 is 0 Å². The average Bonchev–Trinajstić information content (AvgIpc) is 2.99. The van der Waals surface area contributed by atoms with Gasteiger partial charge in [0.2, 0.25) is 11.4 Å². The van der Waals surface area contributed by atoms with Gasteiger partial charge in [0.05, 0.1) is 5.56 Å². The Bertz CT molecular complexity index is 1170. The highest BCUT2D eigenvalue weighted by Gasteiger charge is 2.23. The summed E-state index contributed by atoms with van der Waals surface area (Å²) in [5, 5.41) is 2.22. The minimum absolute atomic E-state index is 0.480. The molecule has 27 heavy (non-hydrogen) atoms. The van der Waals surface area contributed by atoms with Crippen molar-refractivity contribution in [1.29, 1.82) is 0 Å². The van der Waals surface area contributed by atoms with E-state index in [1.165, 1.54) is 22.4 Å². The number of aromatic nitrogens is 2. The average molecular weight is 359 g/mol. The van der Waals surface area contributed by atoms with E-state index in [1.54, 1.807) is 0 Å². The zero-order valence-corrected chi connectivity index (χ0v) is 17.1. The van der Waals surface area contributed by atoms with Gasteiger partial charge in [-0.1, -0.05) is 32.9 Å². The number of hydrogen-bond acceptors (Lipinski definition) is 2. The summed E-state index contributed by atoms with van der Waals surface area (Å²) in [6, 6.07) is 10.9. The lowest BCUT2D eigenvalue weighted by Gasteiger charge is -2.12. The van der Waals surface area contributed by atoms with E-state index in [-0.39, 0.29) is 0 Å². The number of rotatable bonds is 3. The van der Waals surface area contributed by atoms with Gasteiger partial charge in [-0.25, -0.2) is 9.55 Å². The van der Waals surface area contributed by atoms with Crippen molar-refractivity contribution in [1.82, 2.24) is 4.98 Å². The first-order chi connectivity index (χ1) is 12.9. The predicted molar refractivity (Wildman–Crippen MR) is 111 cm³/mol. The van der Waals surface area contributed by atoms with Crippen molar-refractivity contribution in [3.8, 4) is 11.3 Å². The van der Waals surface area contributed by atoms with Gasteiger partial charge in [-0.3, -0.25) is 0 Å². The van der Waals surface area contributed by atoms with E-state index >= 15 is 0 Å². The fourth-order valence-corrected chi connectivity index (χ4v) is 4.04. The lowest BCUT2D eigenvalue weighted by molar-refractivity contribution is -0.660. The van der Waals surface area contributed by atoms with E-state index in [0.717, 1.165) is 39.7 Å². The standard InChI is InChI=1S/C24H27N2O/c1-7-17-9-11-19-18-10-8-15(4)22(23(18)27-24(19)25-17)21-12-20(14(2)3)16(5)13-26(21)6/h8-14H,7H2,1-6H3/q+1. The van der Waals surface area contributed by atoms with Crippen LogP contribution in [0, 0.1) is 13.8 Å². The summed E-state index contributed by atoms with van der Waals surface area (Å²) in [7, 11) is 2.11. The molecule has 0 atom stereocenters. The summed E-state index contributed by atoms with van der Waals surface area (Å²) in [5.74, 6) is 0.480. The number of fused-ring (bicyclic) bond motifs is 3. The zero-order valence-electron chi connectivity index (χ0n) is 17.1. The van der Waals surface area contributed by atoms with Crippen LogP contribution in [0.3, 0.4) is 0 Å². The molecule has 0 saturated heterocycles. The molecule has 3 heterocycles. The second-order valence-electron chi connectivity index (χ2n) is 7.81. The fraction of sp³-hybridized carbons (Fsp3) is 0.333. The van der Waals surface area contributed by atoms with Crippen LogP contribution in [-0.4, -0.2) is 4.98 Å². The van der Waals surface area contributed by atoms with E-state index in [0.29, 0.717) is 5.92 Å². The molecule has 0 aliphatic carbocycles. The van der Waals surface area contributed by atoms with Crippen molar-refractivity contribution in [3.63, 3.8) is 0 Å². The van der Waals surface area contributed by atoms with Crippen LogP contribution in [0.5, 0.6) is 0 Å². The highest BCUT2D eigenvalue weighted by Crippen LogP contribution is 2.37. The van der Waals surface area contributed by atoms with E-state index in [1.807, 2.05) is 0 Å². The first kappa shape index (κ1) is 17.7. The molecule has 0 spiro atoms. The molecular weight excluding hydrogens is 332 g/mol. The van der Waals surface area contributed by atoms with Crippen LogP contribution in [0.1, 0.15) is 49.1 Å². The highest BCUT2D eigenvalue weighted by atomic mass is 16.3. The number of hydrogen-bond donors (Lipinski definition) is 0. The molecule has 4 rings (SSSR count). The molecule has 0 fully saturated rings. The van der Waals surface area contributed by atoms with Crippen molar-refractivity contribution < 1.29 is 8.98 Å². The summed E-state index contributed by atoms with van der Waals surface area (Å²) in [6.45, 7) is 11.0. The van der Waals surface area contributed by atoms with E-state index in [4.69, 9.17) is 9.40 Å². The molecule has 1 aromatic carbocycles. The molecule has 3 nitrogen and oxygen atoms in total. The Hall–Kier alpha value is -2.68. The maximum atomic E-state index is 6.32. The topological polar surface area (TPSA) is 29.9 Å². The maximum Gasteiger partial charge on any atom is 0.227 e. The van der Waals surface area contributed by atoms with Crippen molar-refractivity contribution in [3.05, 3.63) is 58.9 Å². The largest absolute Gasteiger partial charge is 0.437 e. The predicted octanol–water partition coefficient (Wildman–Crippen LogP) is 5.78. The van der Waals surface area contributed by atoms with Crippen molar-refractivity contribution in [2.45, 2.75) is 47.0 Å². The van der Waals surface area contributed by atoms with Gasteiger partial charge in [-0.2, -0.15) is 0 Å². The van der Waals surface area contributed by atoms with Crippen LogP contribution in [0.2, 0.25) is 0 Å². The molecule has 0 saturated carbocycles. The van der Waals surface area contributed by atoms with Crippen LogP contribution in [-0.2, 0) is 13.5 Å². The quantitative estimate of drug-likeness (QED) is 0.434. The van der Waals surface area contributed by atoms with Crippen LogP contribution >= 0.6 is 0 Å². The number of furan rings is 1. The lowest BCUT2D eigenvalue weighted by Crippen LogP contribution is -2.32. The minimum Gasteiger partial charge on any atom is -0.437 e. The van der Waals surface area contributed by atoms with Crippen LogP contribution in [0.15, 0.2) is 40.9 Å². The normalized spacial score (nSPS) is 11.8. The summed E-state index contributed by atoms with van der Waals surface area (Å²) >= 11 is 0. The molecule has 0 radical (unpaired) electrons. The Kier molecular flexibility index (Phi) is 4.26. The van der Waals surface area contributed by atoms with Crippen LogP contribution < -0.4 is 4.57 Å². The third-order valence-electron chi connectivity index (χ3n) is 5.53. The SMILES string of the molecule is CCc1ccc2c(n1)oc1c(-c3cc(C(C)C)c(C)c[n+]3C)c(C)ccc12. The van der Waals surface area contributed by atoms with Crippen LogP contribution in [0.4, 0.5) is 0 Å². The van der Waals surface area contributed by atoms with Gasteiger partial charge in [-0.15, -0.1) is 0 Å². The molecule has 0 aliphatic heterocycles.